The molecule has 1 aromatic carbocycles. The van der Waals surface area contributed by atoms with Crippen LogP contribution in [-0.2, 0) is 24.4 Å². The first-order valence-electron chi connectivity index (χ1n) is 7.34. The zero-order valence-corrected chi connectivity index (χ0v) is 15.2. The second kappa shape index (κ2) is 9.45. The monoisotopic (exact) mass is 398 g/mol. The molecule has 0 heterocycles. The predicted molar refractivity (Wildman–Crippen MR) is 92.7 cm³/mol. The van der Waals surface area contributed by atoms with Crippen LogP contribution in [0, 0.1) is 0 Å². The number of carbonyl (C=O) groups is 4. The first-order chi connectivity index (χ1) is 12.5. The van der Waals surface area contributed by atoms with Crippen LogP contribution in [0.5, 0.6) is 0 Å². The molecule has 0 aliphatic heterocycles. The van der Waals surface area contributed by atoms with Crippen LogP contribution in [0.3, 0.4) is 0 Å². The molecule has 0 bridgehead atoms. The molecule has 0 aliphatic carbocycles. The lowest BCUT2D eigenvalue weighted by Gasteiger charge is -2.11. The van der Waals surface area contributed by atoms with Crippen molar-refractivity contribution in [3.63, 3.8) is 0 Å². The number of amides is 3. The Balaban J connectivity index is 2.54. The average molecular weight is 398 g/mol. The summed E-state index contributed by atoms with van der Waals surface area (Å²) in [5, 5.41) is 10.6. The second-order valence-corrected chi connectivity index (χ2v) is 7.36. The number of hydrogen-bond acceptors (Lipinski definition) is 6. The zero-order chi connectivity index (χ0) is 20.6. The van der Waals surface area contributed by atoms with Gasteiger partial charge in [-0.3, -0.25) is 25.2 Å². The van der Waals surface area contributed by atoms with Crippen LogP contribution in [0.1, 0.15) is 10.4 Å². The molecular weight excluding hydrogens is 380 g/mol. The van der Waals surface area contributed by atoms with Crippen molar-refractivity contribution < 1.29 is 32.7 Å². The number of hydrogen-bond donors (Lipinski definition) is 4. The van der Waals surface area contributed by atoms with Crippen molar-refractivity contribution in [1.82, 2.24) is 20.5 Å². The van der Waals surface area contributed by atoms with Gasteiger partial charge in [0.1, 0.15) is 0 Å². The Morgan fingerprint density at radius 3 is 2.15 bits per heavy atom. The van der Waals surface area contributed by atoms with Gasteiger partial charge in [0.25, 0.3) is 17.7 Å². The van der Waals surface area contributed by atoms with E-state index >= 15 is 0 Å². The van der Waals surface area contributed by atoms with Crippen LogP contribution in [0.2, 0.25) is 0 Å². The maximum atomic E-state index is 11.9. The van der Waals surface area contributed by atoms with Crippen molar-refractivity contribution in [2.75, 3.05) is 20.6 Å². The molecule has 0 aromatic heterocycles. The molecule has 0 saturated heterocycles. The van der Waals surface area contributed by atoms with E-state index in [9.17, 15) is 27.6 Å². The number of aliphatic carboxylic acids is 1. The molecule has 27 heavy (non-hydrogen) atoms. The van der Waals surface area contributed by atoms with Crippen LogP contribution in [0.15, 0.2) is 41.3 Å². The molecule has 0 radical (unpaired) electrons. The molecule has 0 atom stereocenters. The van der Waals surface area contributed by atoms with E-state index in [0.29, 0.717) is 12.2 Å². The lowest BCUT2D eigenvalue weighted by atomic mass is 10.2. The molecule has 0 unspecified atom stereocenters. The highest BCUT2D eigenvalue weighted by Gasteiger charge is 2.17. The number of rotatable bonds is 7. The fourth-order valence-electron chi connectivity index (χ4n) is 1.62. The van der Waals surface area contributed by atoms with E-state index in [1.165, 1.54) is 38.4 Å². The third kappa shape index (κ3) is 6.87. The number of nitrogens with zero attached hydrogens (tertiary/aromatic N) is 1. The number of hydrazine groups is 1. The third-order valence-corrected chi connectivity index (χ3v) is 4.84. The van der Waals surface area contributed by atoms with Crippen molar-refractivity contribution in [3.8, 4) is 0 Å². The standard InChI is InChI=1S/C15H18N4O7S/c1-19(2)27(25,26)11-5-3-10(4-6-11)15(24)16-9-13(21)18-17-12(20)7-8-14(22)23/h3-8H,9H2,1-2H3,(H,16,24)(H,17,20)(H,18,21)(H,22,23)/b8-7+. The zero-order valence-electron chi connectivity index (χ0n) is 14.4. The van der Waals surface area contributed by atoms with Gasteiger partial charge in [-0.05, 0) is 24.3 Å². The maximum absolute atomic E-state index is 11.9. The van der Waals surface area contributed by atoms with Crippen LogP contribution < -0.4 is 16.2 Å². The molecule has 4 N–H and O–H groups in total. The lowest BCUT2D eigenvalue weighted by molar-refractivity contribution is -0.131. The van der Waals surface area contributed by atoms with Crippen molar-refractivity contribution >= 4 is 33.7 Å². The highest BCUT2D eigenvalue weighted by atomic mass is 32.2. The third-order valence-electron chi connectivity index (χ3n) is 3.01. The Morgan fingerprint density at radius 1 is 1.04 bits per heavy atom. The highest BCUT2D eigenvalue weighted by molar-refractivity contribution is 7.89. The summed E-state index contributed by atoms with van der Waals surface area (Å²) in [4.78, 5) is 44.9. The quantitative estimate of drug-likeness (QED) is 0.319. The minimum absolute atomic E-state index is 0.0129. The van der Waals surface area contributed by atoms with Crippen LogP contribution in [0.4, 0.5) is 0 Å². The topological polar surface area (TPSA) is 162 Å². The maximum Gasteiger partial charge on any atom is 0.328 e. The van der Waals surface area contributed by atoms with Gasteiger partial charge >= 0.3 is 5.97 Å². The van der Waals surface area contributed by atoms with Gasteiger partial charge in [-0.1, -0.05) is 0 Å². The summed E-state index contributed by atoms with van der Waals surface area (Å²) in [6, 6.07) is 5.11. The van der Waals surface area contributed by atoms with Gasteiger partial charge in [-0.2, -0.15) is 0 Å². The number of sulfonamides is 1. The van der Waals surface area contributed by atoms with Gasteiger partial charge in [0.05, 0.1) is 11.4 Å². The Hall–Kier alpha value is -3.25. The molecule has 0 aliphatic rings. The van der Waals surface area contributed by atoms with E-state index in [2.05, 4.69) is 5.32 Å². The Labute approximate surface area is 155 Å². The molecule has 146 valence electrons. The second-order valence-electron chi connectivity index (χ2n) is 5.20. The van der Waals surface area contributed by atoms with Gasteiger partial charge in [0, 0.05) is 31.8 Å². The van der Waals surface area contributed by atoms with Gasteiger partial charge in [-0.15, -0.1) is 0 Å². The van der Waals surface area contributed by atoms with Gasteiger partial charge in [0.15, 0.2) is 0 Å². The van der Waals surface area contributed by atoms with Crippen molar-refractivity contribution in [2.24, 2.45) is 0 Å². The molecule has 0 fully saturated rings. The van der Waals surface area contributed by atoms with E-state index in [1.54, 1.807) is 0 Å². The normalized spacial score (nSPS) is 11.2. The number of benzene rings is 1. The summed E-state index contributed by atoms with van der Waals surface area (Å²) < 4.78 is 24.9. The smallest absolute Gasteiger partial charge is 0.328 e. The summed E-state index contributed by atoms with van der Waals surface area (Å²) >= 11 is 0. The van der Waals surface area contributed by atoms with Gasteiger partial charge in [0.2, 0.25) is 10.0 Å². The van der Waals surface area contributed by atoms with E-state index in [4.69, 9.17) is 5.11 Å². The van der Waals surface area contributed by atoms with E-state index in [-0.39, 0.29) is 10.5 Å². The number of carboxylic acid groups (broad SMARTS) is 1. The van der Waals surface area contributed by atoms with Crippen LogP contribution >= 0.6 is 0 Å². The van der Waals surface area contributed by atoms with Gasteiger partial charge < -0.3 is 10.4 Å². The average Bonchev–Trinajstić information content (AvgIpc) is 2.62. The lowest BCUT2D eigenvalue weighted by Crippen LogP contribution is -2.45. The van der Waals surface area contributed by atoms with E-state index < -0.39 is 40.3 Å². The minimum Gasteiger partial charge on any atom is -0.478 e. The number of nitrogens with one attached hydrogen (secondary N) is 3. The number of carboxylic acids is 1. The SMILES string of the molecule is CN(C)S(=O)(=O)c1ccc(C(=O)NCC(=O)NNC(=O)/C=C/C(=O)O)cc1. The molecular formula is C15H18N4O7S. The fraction of sp³-hybridized carbons (Fsp3) is 0.200. The largest absolute Gasteiger partial charge is 0.478 e. The van der Waals surface area contributed by atoms with Crippen molar-refractivity contribution in [3.05, 3.63) is 42.0 Å². The molecule has 0 spiro atoms. The highest BCUT2D eigenvalue weighted by Crippen LogP contribution is 2.13. The Bertz CT molecular complexity index is 861. The Morgan fingerprint density at radius 2 is 1.63 bits per heavy atom. The first kappa shape index (κ1) is 21.8. The summed E-state index contributed by atoms with van der Waals surface area (Å²) in [6.45, 7) is -0.473. The minimum atomic E-state index is -3.62. The molecule has 12 heteroatoms. The molecule has 11 nitrogen and oxygen atoms in total. The molecule has 1 rings (SSSR count). The fourth-order valence-corrected chi connectivity index (χ4v) is 2.52. The Kier molecular flexibility index (Phi) is 7.63. The van der Waals surface area contributed by atoms with Crippen molar-refractivity contribution in [1.29, 1.82) is 0 Å². The van der Waals surface area contributed by atoms with Crippen molar-refractivity contribution in [2.45, 2.75) is 4.90 Å². The van der Waals surface area contributed by atoms with Crippen LogP contribution in [0.25, 0.3) is 0 Å². The van der Waals surface area contributed by atoms with E-state index in [1.807, 2.05) is 10.9 Å². The summed E-state index contributed by atoms with van der Waals surface area (Å²) in [5.74, 6) is -3.58. The van der Waals surface area contributed by atoms with Gasteiger partial charge in [-0.25, -0.2) is 17.5 Å². The van der Waals surface area contributed by atoms with E-state index in [0.717, 1.165) is 4.31 Å². The summed E-state index contributed by atoms with van der Waals surface area (Å²) in [5.41, 5.74) is 4.03. The summed E-state index contributed by atoms with van der Waals surface area (Å²) in [6.07, 6.45) is 1.29. The molecule has 3 amide bonds. The molecule has 0 saturated carbocycles. The molecule has 1 aromatic rings. The first-order valence-corrected chi connectivity index (χ1v) is 8.78. The summed E-state index contributed by atoms with van der Waals surface area (Å²) in [7, 11) is -0.856. The number of carbonyl (C=O) groups excluding carboxylic acids is 3. The van der Waals surface area contributed by atoms with Crippen LogP contribution in [-0.4, -0.2) is 62.2 Å². The predicted octanol–water partition coefficient (Wildman–Crippen LogP) is -1.55.